The summed E-state index contributed by atoms with van der Waals surface area (Å²) in [4.78, 5) is 0. The largest absolute Gasteiger partial charge is 0.399 e. The topological polar surface area (TPSA) is 52.0 Å². The molecule has 0 amide bonds. The fourth-order valence-corrected chi connectivity index (χ4v) is 3.20. The fraction of sp³-hybridized carbons (Fsp3) is 0.182. The van der Waals surface area contributed by atoms with Crippen molar-refractivity contribution in [3.05, 3.63) is 96.1 Å². The summed E-state index contributed by atoms with van der Waals surface area (Å²) in [5, 5.41) is 0. The molecule has 24 heavy (non-hydrogen) atoms. The number of benzene rings is 2. The van der Waals surface area contributed by atoms with Gasteiger partial charge in [0.1, 0.15) is 0 Å². The van der Waals surface area contributed by atoms with Gasteiger partial charge in [-0.2, -0.15) is 0 Å². The second-order valence-electron chi connectivity index (χ2n) is 6.55. The second kappa shape index (κ2) is 6.90. The van der Waals surface area contributed by atoms with Gasteiger partial charge in [-0.15, -0.1) is 0 Å². The van der Waals surface area contributed by atoms with Crippen molar-refractivity contribution < 1.29 is 0 Å². The van der Waals surface area contributed by atoms with E-state index in [-0.39, 0.29) is 11.5 Å². The van der Waals surface area contributed by atoms with E-state index in [2.05, 4.69) is 61.6 Å². The molecule has 4 N–H and O–H groups in total. The molecule has 2 nitrogen and oxygen atoms in total. The van der Waals surface area contributed by atoms with Crippen molar-refractivity contribution in [3.8, 4) is 0 Å². The van der Waals surface area contributed by atoms with E-state index in [1.165, 1.54) is 11.1 Å². The lowest BCUT2D eigenvalue weighted by Gasteiger charge is -2.31. The van der Waals surface area contributed by atoms with Gasteiger partial charge < -0.3 is 11.5 Å². The molecule has 0 bridgehead atoms. The summed E-state index contributed by atoms with van der Waals surface area (Å²) in [7, 11) is 0. The van der Waals surface area contributed by atoms with Gasteiger partial charge in [-0.25, -0.2) is 0 Å². The van der Waals surface area contributed by atoms with Crippen LogP contribution in [-0.4, -0.2) is 0 Å². The maximum atomic E-state index is 6.49. The lowest BCUT2D eigenvalue weighted by molar-refractivity contribution is 0.575. The molecule has 0 radical (unpaired) electrons. The summed E-state index contributed by atoms with van der Waals surface area (Å²) in [5.41, 5.74) is 16.6. The van der Waals surface area contributed by atoms with Crippen LogP contribution >= 0.6 is 0 Å². The summed E-state index contributed by atoms with van der Waals surface area (Å²) in [5.74, 6) is 0. The van der Waals surface area contributed by atoms with E-state index in [4.69, 9.17) is 11.5 Å². The predicted octanol–water partition coefficient (Wildman–Crippen LogP) is 4.87. The Hall–Kier alpha value is -2.58. The molecule has 2 unspecified atom stereocenters. The predicted molar refractivity (Wildman–Crippen MR) is 103 cm³/mol. The van der Waals surface area contributed by atoms with Gasteiger partial charge in [-0.05, 0) is 35.3 Å². The smallest absolute Gasteiger partial charge is 0.0488 e. The molecule has 2 atom stereocenters. The summed E-state index contributed by atoms with van der Waals surface area (Å²) in [6.45, 7) is 2.26. The van der Waals surface area contributed by atoms with Crippen LogP contribution in [0.4, 0.5) is 5.69 Å². The number of allylic oxidation sites excluding steroid dienone is 5. The van der Waals surface area contributed by atoms with Crippen molar-refractivity contribution in [3.63, 3.8) is 0 Å². The minimum absolute atomic E-state index is 0.0615. The van der Waals surface area contributed by atoms with E-state index < -0.39 is 0 Å². The molecule has 0 spiro atoms. The Morgan fingerprint density at radius 2 is 1.88 bits per heavy atom. The molecular formula is C22H24N2. The van der Waals surface area contributed by atoms with Crippen LogP contribution in [0.25, 0.3) is 5.57 Å². The molecule has 0 fully saturated rings. The first-order valence-electron chi connectivity index (χ1n) is 8.32. The Labute approximate surface area is 144 Å². The number of hydrogen-bond donors (Lipinski definition) is 2. The monoisotopic (exact) mass is 316 g/mol. The highest BCUT2D eigenvalue weighted by atomic mass is 14.6. The molecule has 2 heteroatoms. The zero-order chi connectivity index (χ0) is 17.0. The maximum absolute atomic E-state index is 6.49. The highest BCUT2D eigenvalue weighted by Crippen LogP contribution is 2.42. The third-order valence-corrected chi connectivity index (χ3v) is 4.60. The van der Waals surface area contributed by atoms with E-state index in [1.807, 2.05) is 30.3 Å². The number of anilines is 1. The summed E-state index contributed by atoms with van der Waals surface area (Å²) in [6, 6.07) is 18.1. The van der Waals surface area contributed by atoms with Gasteiger partial charge in [0.05, 0.1) is 0 Å². The Balaban J connectivity index is 2.04. The minimum atomic E-state index is -0.195. The number of rotatable bonds is 4. The van der Waals surface area contributed by atoms with Crippen LogP contribution in [0.5, 0.6) is 0 Å². The van der Waals surface area contributed by atoms with Crippen molar-refractivity contribution in [2.75, 3.05) is 5.73 Å². The molecular weight excluding hydrogens is 292 g/mol. The highest BCUT2D eigenvalue weighted by molar-refractivity contribution is 5.73. The van der Waals surface area contributed by atoms with E-state index >= 15 is 0 Å². The number of nitrogen functional groups attached to an aromatic ring is 1. The average molecular weight is 316 g/mol. The maximum Gasteiger partial charge on any atom is 0.0488 e. The molecule has 0 saturated carbocycles. The van der Waals surface area contributed by atoms with Crippen molar-refractivity contribution in [1.29, 1.82) is 0 Å². The molecule has 0 aliphatic heterocycles. The van der Waals surface area contributed by atoms with Gasteiger partial charge in [0.25, 0.3) is 0 Å². The third kappa shape index (κ3) is 3.50. The van der Waals surface area contributed by atoms with E-state index in [9.17, 15) is 0 Å². The first kappa shape index (κ1) is 16.3. The quantitative estimate of drug-likeness (QED) is 0.790. The normalized spacial score (nSPS) is 21.7. The van der Waals surface area contributed by atoms with Crippen molar-refractivity contribution >= 4 is 11.3 Å². The SMILES string of the molecule is CC1(/C(=C/C(N)c2cccc(N)c2)c2ccccc2)C=CC=CC1. The summed E-state index contributed by atoms with van der Waals surface area (Å²) >= 11 is 0. The van der Waals surface area contributed by atoms with E-state index in [0.717, 1.165) is 17.7 Å². The standard InChI is InChI=1S/C22H24N2/c1-22(13-6-3-7-14-22)20(17-9-4-2-5-10-17)16-21(24)18-11-8-12-19(23)15-18/h2-13,15-16,21H,14,23-24H2,1H3/b20-16+. The average Bonchev–Trinajstić information content (AvgIpc) is 2.60. The van der Waals surface area contributed by atoms with Gasteiger partial charge in [0.15, 0.2) is 0 Å². The van der Waals surface area contributed by atoms with Gasteiger partial charge in [-0.1, -0.05) is 79.8 Å². The van der Waals surface area contributed by atoms with Crippen molar-refractivity contribution in [2.45, 2.75) is 19.4 Å². The van der Waals surface area contributed by atoms with Crippen LogP contribution in [0.2, 0.25) is 0 Å². The highest BCUT2D eigenvalue weighted by Gasteiger charge is 2.27. The molecule has 2 aromatic carbocycles. The molecule has 1 aliphatic rings. The van der Waals surface area contributed by atoms with Gasteiger partial charge >= 0.3 is 0 Å². The van der Waals surface area contributed by atoms with Crippen LogP contribution in [-0.2, 0) is 0 Å². The molecule has 1 aliphatic carbocycles. The van der Waals surface area contributed by atoms with Crippen molar-refractivity contribution in [1.82, 2.24) is 0 Å². The van der Waals surface area contributed by atoms with E-state index in [0.29, 0.717) is 0 Å². The third-order valence-electron chi connectivity index (χ3n) is 4.60. The first-order chi connectivity index (χ1) is 11.6. The Bertz CT molecular complexity index is 787. The van der Waals surface area contributed by atoms with Gasteiger partial charge in [0.2, 0.25) is 0 Å². The lowest BCUT2D eigenvalue weighted by Crippen LogP contribution is -2.19. The molecule has 122 valence electrons. The fourth-order valence-electron chi connectivity index (χ4n) is 3.20. The molecule has 0 aromatic heterocycles. The molecule has 0 saturated heterocycles. The first-order valence-corrected chi connectivity index (χ1v) is 8.32. The van der Waals surface area contributed by atoms with E-state index in [1.54, 1.807) is 0 Å². The van der Waals surface area contributed by atoms with Gasteiger partial charge in [-0.3, -0.25) is 0 Å². The van der Waals surface area contributed by atoms with Gasteiger partial charge in [0, 0.05) is 17.1 Å². The Morgan fingerprint density at radius 1 is 1.08 bits per heavy atom. The van der Waals surface area contributed by atoms with Crippen LogP contribution < -0.4 is 11.5 Å². The number of nitrogens with two attached hydrogens (primary N) is 2. The van der Waals surface area contributed by atoms with Crippen LogP contribution in [0, 0.1) is 5.41 Å². The summed E-state index contributed by atoms with van der Waals surface area (Å²) in [6.07, 6.45) is 11.8. The lowest BCUT2D eigenvalue weighted by atomic mass is 9.73. The van der Waals surface area contributed by atoms with Crippen LogP contribution in [0.1, 0.15) is 30.5 Å². The van der Waals surface area contributed by atoms with Crippen molar-refractivity contribution in [2.24, 2.45) is 11.1 Å². The molecule has 2 aromatic rings. The summed E-state index contributed by atoms with van der Waals surface area (Å²) < 4.78 is 0. The molecule has 0 heterocycles. The zero-order valence-corrected chi connectivity index (χ0v) is 14.0. The Morgan fingerprint density at radius 3 is 2.54 bits per heavy atom. The zero-order valence-electron chi connectivity index (χ0n) is 14.0. The molecule has 3 rings (SSSR count). The second-order valence-corrected chi connectivity index (χ2v) is 6.55. The minimum Gasteiger partial charge on any atom is -0.399 e. The number of hydrogen-bond acceptors (Lipinski definition) is 2. The van der Waals surface area contributed by atoms with Crippen LogP contribution in [0.3, 0.4) is 0 Å². The van der Waals surface area contributed by atoms with Crippen LogP contribution in [0.15, 0.2) is 85.0 Å². The Kier molecular flexibility index (Phi) is 4.68.